The molecule has 3 aromatic rings. The monoisotopic (exact) mass is 363 g/mol. The van der Waals surface area contributed by atoms with Crippen LogP contribution in [0.4, 0.5) is 11.5 Å². The average Bonchev–Trinajstić information content (AvgIpc) is 2.71. The highest BCUT2D eigenvalue weighted by Gasteiger charge is 2.17. The Kier molecular flexibility index (Phi) is 5.35. The first-order valence-electron chi connectivity index (χ1n) is 8.68. The molecule has 0 atom stereocenters. The van der Waals surface area contributed by atoms with E-state index in [1.54, 1.807) is 31.3 Å². The second kappa shape index (κ2) is 7.86. The van der Waals surface area contributed by atoms with Crippen molar-refractivity contribution in [3.63, 3.8) is 0 Å². The Balaban J connectivity index is 1.97. The summed E-state index contributed by atoms with van der Waals surface area (Å²) in [5, 5.41) is 3.15. The third-order valence-electron chi connectivity index (χ3n) is 4.49. The summed E-state index contributed by atoms with van der Waals surface area (Å²) in [4.78, 5) is 37.5. The van der Waals surface area contributed by atoms with E-state index in [1.807, 2.05) is 36.4 Å². The lowest BCUT2D eigenvalue weighted by Gasteiger charge is -2.16. The topological polar surface area (TPSA) is 73.1 Å². The smallest absolute Gasteiger partial charge is 0.332 e. The molecule has 3 rings (SSSR count). The number of hydrogen-bond donors (Lipinski definition) is 1. The van der Waals surface area contributed by atoms with Gasteiger partial charge in [0, 0.05) is 31.8 Å². The Morgan fingerprint density at radius 3 is 2.11 bits per heavy atom. The summed E-state index contributed by atoms with van der Waals surface area (Å²) in [5.41, 5.74) is 0.967. The van der Waals surface area contributed by atoms with Crippen LogP contribution in [-0.4, -0.2) is 14.9 Å². The zero-order chi connectivity index (χ0) is 19.4. The molecular formula is C21H21N3O3. The molecule has 1 heterocycles. The van der Waals surface area contributed by atoms with Crippen LogP contribution in [0.2, 0.25) is 0 Å². The second-order valence-electron chi connectivity index (χ2n) is 6.31. The maximum absolute atomic E-state index is 12.7. The number of ketones is 1. The van der Waals surface area contributed by atoms with Crippen LogP contribution in [0.3, 0.4) is 0 Å². The summed E-state index contributed by atoms with van der Waals surface area (Å²) in [7, 11) is 3.05. The standard InChI is InChI=1S/C21H21N3O3/c1-23-19(22-16-11-7-4-8-12-16)17(20(26)24(2)21(23)27)13-14-18(25)15-9-5-3-6-10-15/h3-12,22H,13-14H2,1-2H3. The Hall–Kier alpha value is -3.41. The number of hydrogen-bond acceptors (Lipinski definition) is 4. The van der Waals surface area contributed by atoms with Gasteiger partial charge < -0.3 is 5.32 Å². The first-order chi connectivity index (χ1) is 13.0. The Labute approximate surface area is 156 Å². The van der Waals surface area contributed by atoms with E-state index in [2.05, 4.69) is 5.32 Å². The fourth-order valence-corrected chi connectivity index (χ4v) is 2.96. The van der Waals surface area contributed by atoms with Crippen LogP contribution in [0.25, 0.3) is 0 Å². The number of carbonyl (C=O) groups excluding carboxylic acids is 1. The molecule has 1 N–H and O–H groups in total. The van der Waals surface area contributed by atoms with Gasteiger partial charge in [0.05, 0.1) is 5.56 Å². The van der Waals surface area contributed by atoms with Crippen LogP contribution in [0.15, 0.2) is 70.3 Å². The lowest BCUT2D eigenvalue weighted by molar-refractivity contribution is 0.0982. The number of nitrogens with one attached hydrogen (secondary N) is 1. The highest BCUT2D eigenvalue weighted by Crippen LogP contribution is 2.18. The summed E-state index contributed by atoms with van der Waals surface area (Å²) in [6, 6.07) is 18.3. The Morgan fingerprint density at radius 2 is 1.48 bits per heavy atom. The maximum Gasteiger partial charge on any atom is 0.332 e. The maximum atomic E-state index is 12.7. The van der Waals surface area contributed by atoms with E-state index >= 15 is 0 Å². The van der Waals surface area contributed by atoms with Crippen molar-refractivity contribution in [3.05, 3.63) is 92.6 Å². The summed E-state index contributed by atoms with van der Waals surface area (Å²) < 4.78 is 2.47. The minimum absolute atomic E-state index is 0.0443. The summed E-state index contributed by atoms with van der Waals surface area (Å²) in [6.45, 7) is 0. The number of anilines is 2. The minimum atomic E-state index is -0.420. The van der Waals surface area contributed by atoms with E-state index in [0.717, 1.165) is 10.3 Å². The van der Waals surface area contributed by atoms with Gasteiger partial charge in [-0.1, -0.05) is 48.5 Å². The van der Waals surface area contributed by atoms with Gasteiger partial charge in [-0.25, -0.2) is 4.79 Å². The van der Waals surface area contributed by atoms with Gasteiger partial charge in [-0.3, -0.25) is 18.7 Å². The summed E-state index contributed by atoms with van der Waals surface area (Å²) in [5.74, 6) is 0.368. The fraction of sp³-hybridized carbons (Fsp3) is 0.190. The highest BCUT2D eigenvalue weighted by molar-refractivity contribution is 5.96. The van der Waals surface area contributed by atoms with Gasteiger partial charge in [0.1, 0.15) is 5.82 Å². The molecule has 0 radical (unpaired) electrons. The van der Waals surface area contributed by atoms with Crippen molar-refractivity contribution in [1.82, 2.24) is 9.13 Å². The van der Waals surface area contributed by atoms with Gasteiger partial charge in [0.25, 0.3) is 5.56 Å². The number of para-hydroxylation sites is 1. The first kappa shape index (κ1) is 18.4. The molecule has 0 bridgehead atoms. The molecule has 0 spiro atoms. The van der Waals surface area contributed by atoms with Crippen LogP contribution < -0.4 is 16.6 Å². The molecule has 6 nitrogen and oxygen atoms in total. The van der Waals surface area contributed by atoms with Gasteiger partial charge >= 0.3 is 5.69 Å². The third-order valence-corrected chi connectivity index (χ3v) is 4.49. The van der Waals surface area contributed by atoms with Crippen LogP contribution >= 0.6 is 0 Å². The van der Waals surface area contributed by atoms with E-state index in [-0.39, 0.29) is 18.6 Å². The molecule has 0 fully saturated rings. The van der Waals surface area contributed by atoms with Crippen molar-refractivity contribution in [3.8, 4) is 0 Å². The number of aromatic nitrogens is 2. The summed E-state index contributed by atoms with van der Waals surface area (Å²) in [6.07, 6.45) is 0.421. The number of rotatable bonds is 6. The molecule has 6 heteroatoms. The second-order valence-corrected chi connectivity index (χ2v) is 6.31. The third kappa shape index (κ3) is 3.89. The molecule has 138 valence electrons. The summed E-state index contributed by atoms with van der Waals surface area (Å²) >= 11 is 0. The van der Waals surface area contributed by atoms with Crippen LogP contribution in [0.5, 0.6) is 0 Å². The molecule has 1 aromatic heterocycles. The molecule has 0 amide bonds. The van der Waals surface area contributed by atoms with Crippen LogP contribution in [-0.2, 0) is 20.5 Å². The van der Waals surface area contributed by atoms with E-state index in [9.17, 15) is 14.4 Å². The Bertz CT molecular complexity index is 1070. The Morgan fingerprint density at radius 1 is 0.889 bits per heavy atom. The predicted molar refractivity (Wildman–Crippen MR) is 106 cm³/mol. The van der Waals surface area contributed by atoms with E-state index in [4.69, 9.17) is 0 Å². The van der Waals surface area contributed by atoms with E-state index in [1.165, 1.54) is 11.6 Å². The van der Waals surface area contributed by atoms with Crippen LogP contribution in [0.1, 0.15) is 22.3 Å². The van der Waals surface area contributed by atoms with Crippen molar-refractivity contribution in [2.45, 2.75) is 12.8 Å². The van der Waals surface area contributed by atoms with Gasteiger partial charge in [0.2, 0.25) is 0 Å². The fourth-order valence-electron chi connectivity index (χ4n) is 2.96. The molecule has 0 saturated heterocycles. The van der Waals surface area contributed by atoms with Crippen molar-refractivity contribution >= 4 is 17.3 Å². The molecule has 0 aliphatic carbocycles. The lowest BCUT2D eigenvalue weighted by Crippen LogP contribution is -2.40. The number of Topliss-reactive ketones (excluding diaryl/α,β-unsaturated/α-hetero) is 1. The normalized spacial score (nSPS) is 10.6. The van der Waals surface area contributed by atoms with Gasteiger partial charge in [-0.2, -0.15) is 0 Å². The van der Waals surface area contributed by atoms with Crippen molar-refractivity contribution in [2.24, 2.45) is 14.1 Å². The molecule has 0 aliphatic heterocycles. The lowest BCUT2D eigenvalue weighted by atomic mass is 10.0. The zero-order valence-corrected chi connectivity index (χ0v) is 15.3. The molecule has 0 unspecified atom stereocenters. The molecule has 27 heavy (non-hydrogen) atoms. The molecule has 0 aliphatic rings. The van der Waals surface area contributed by atoms with Gasteiger partial charge in [-0.05, 0) is 18.6 Å². The molecule has 0 saturated carbocycles. The van der Waals surface area contributed by atoms with Crippen molar-refractivity contribution < 1.29 is 4.79 Å². The number of benzene rings is 2. The number of carbonyl (C=O) groups is 1. The SMILES string of the molecule is Cn1c(Nc2ccccc2)c(CCC(=O)c2ccccc2)c(=O)n(C)c1=O. The van der Waals surface area contributed by atoms with Gasteiger partial charge in [0.15, 0.2) is 5.78 Å². The van der Waals surface area contributed by atoms with E-state index in [0.29, 0.717) is 16.9 Å². The van der Waals surface area contributed by atoms with Crippen molar-refractivity contribution in [2.75, 3.05) is 5.32 Å². The van der Waals surface area contributed by atoms with Crippen molar-refractivity contribution in [1.29, 1.82) is 0 Å². The predicted octanol–water partition coefficient (Wildman–Crippen LogP) is 2.64. The number of nitrogens with zero attached hydrogens (tertiary/aromatic N) is 2. The van der Waals surface area contributed by atoms with Crippen LogP contribution in [0, 0.1) is 0 Å². The molecule has 2 aromatic carbocycles. The van der Waals surface area contributed by atoms with E-state index < -0.39 is 11.2 Å². The molecular weight excluding hydrogens is 342 g/mol. The first-order valence-corrected chi connectivity index (χ1v) is 8.68. The highest BCUT2D eigenvalue weighted by atomic mass is 16.2. The van der Waals surface area contributed by atoms with Gasteiger partial charge in [-0.15, -0.1) is 0 Å². The average molecular weight is 363 g/mol. The quantitative estimate of drug-likeness (QED) is 0.684. The zero-order valence-electron chi connectivity index (χ0n) is 15.3. The largest absolute Gasteiger partial charge is 0.341 e. The minimum Gasteiger partial charge on any atom is -0.341 e.